The van der Waals surface area contributed by atoms with Crippen LogP contribution in [-0.4, -0.2) is 25.8 Å². The summed E-state index contributed by atoms with van der Waals surface area (Å²) >= 11 is 0. The summed E-state index contributed by atoms with van der Waals surface area (Å²) in [7, 11) is 0. The number of nitrogen functional groups attached to an aromatic ring is 1. The largest absolute Gasteiger partial charge is 0.487 e. The zero-order valence-electron chi connectivity index (χ0n) is 20.6. The van der Waals surface area contributed by atoms with Gasteiger partial charge in [-0.25, -0.2) is 4.98 Å². The first-order valence-electron chi connectivity index (χ1n) is 12.6. The van der Waals surface area contributed by atoms with Crippen LogP contribution in [0, 0.1) is 6.92 Å². The van der Waals surface area contributed by atoms with Gasteiger partial charge in [-0.05, 0) is 73.0 Å². The third kappa shape index (κ3) is 4.37. The minimum atomic E-state index is -0.878. The highest BCUT2D eigenvalue weighted by atomic mass is 16.5. The first kappa shape index (κ1) is 23.0. The summed E-state index contributed by atoms with van der Waals surface area (Å²) in [6.07, 6.45) is 5.03. The summed E-state index contributed by atoms with van der Waals surface area (Å²) in [4.78, 5) is 15.7. The van der Waals surface area contributed by atoms with Gasteiger partial charge in [0.1, 0.15) is 18.2 Å². The molecule has 1 aliphatic carbocycles. The molecule has 2 heterocycles. The van der Waals surface area contributed by atoms with E-state index in [0.29, 0.717) is 29.8 Å². The van der Waals surface area contributed by atoms with E-state index in [2.05, 4.69) is 46.1 Å². The number of rotatable bonds is 7. The minimum Gasteiger partial charge on any atom is -0.487 e. The first-order valence-corrected chi connectivity index (χ1v) is 12.6. The SMILES string of the molecule is Cc1ccc(OCc2c3cc(-c4ccc5ccnc(N)c5c4)ccc3nn2C2CCC2)c(CC(=O)O)c1. The lowest BCUT2D eigenvalue weighted by Gasteiger charge is -2.27. The third-order valence-corrected chi connectivity index (χ3v) is 7.27. The van der Waals surface area contributed by atoms with Crippen molar-refractivity contribution < 1.29 is 14.6 Å². The van der Waals surface area contributed by atoms with Crippen molar-refractivity contribution in [1.82, 2.24) is 14.8 Å². The summed E-state index contributed by atoms with van der Waals surface area (Å²) < 4.78 is 8.39. The Morgan fingerprint density at radius 2 is 1.84 bits per heavy atom. The number of carboxylic acid groups (broad SMARTS) is 1. The first-order chi connectivity index (χ1) is 18.0. The average molecular weight is 493 g/mol. The summed E-state index contributed by atoms with van der Waals surface area (Å²) in [5, 5.41) is 17.3. The number of nitrogens with zero attached hydrogens (tertiary/aromatic N) is 3. The van der Waals surface area contributed by atoms with Gasteiger partial charge in [0.05, 0.1) is 23.7 Å². The maximum atomic E-state index is 11.4. The van der Waals surface area contributed by atoms with Crippen molar-refractivity contribution in [3.05, 3.63) is 83.7 Å². The van der Waals surface area contributed by atoms with Gasteiger partial charge in [0.2, 0.25) is 0 Å². The highest BCUT2D eigenvalue weighted by molar-refractivity contribution is 5.95. The molecule has 0 saturated heterocycles. The molecule has 2 aromatic heterocycles. The number of hydrogen-bond donors (Lipinski definition) is 2. The standard InChI is InChI=1S/C30H28N4O3/c1-18-5-10-28(22(13-18)16-29(35)36)37-17-27-25-15-21(8-9-26(25)33-34(27)23-3-2-4-23)20-7-6-19-11-12-32-30(31)24(19)14-20/h5-15,23H,2-4,16-17H2,1H3,(H2,31,32)(H,35,36). The summed E-state index contributed by atoms with van der Waals surface area (Å²) in [6, 6.07) is 20.6. The molecule has 0 radical (unpaired) electrons. The lowest BCUT2D eigenvalue weighted by molar-refractivity contribution is -0.136. The Morgan fingerprint density at radius 3 is 2.59 bits per heavy atom. The third-order valence-electron chi connectivity index (χ3n) is 7.27. The van der Waals surface area contributed by atoms with Gasteiger partial charge in [-0.3, -0.25) is 9.48 Å². The number of carboxylic acids is 1. The molecular formula is C30H28N4O3. The van der Waals surface area contributed by atoms with Crippen LogP contribution in [0.2, 0.25) is 0 Å². The van der Waals surface area contributed by atoms with Gasteiger partial charge in [-0.1, -0.05) is 35.9 Å². The molecule has 0 spiro atoms. The van der Waals surface area contributed by atoms with Crippen molar-refractivity contribution in [2.75, 3.05) is 5.73 Å². The van der Waals surface area contributed by atoms with Gasteiger partial charge in [0.25, 0.3) is 0 Å². The van der Waals surface area contributed by atoms with Crippen LogP contribution < -0.4 is 10.5 Å². The van der Waals surface area contributed by atoms with E-state index >= 15 is 0 Å². The maximum Gasteiger partial charge on any atom is 0.307 e. The number of aromatic nitrogens is 3. The second-order valence-electron chi connectivity index (χ2n) is 9.81. The normalized spacial score (nSPS) is 13.6. The van der Waals surface area contributed by atoms with Crippen molar-refractivity contribution in [3.63, 3.8) is 0 Å². The number of aryl methyl sites for hydroxylation is 1. The molecule has 1 saturated carbocycles. The predicted molar refractivity (Wildman–Crippen MR) is 145 cm³/mol. The molecule has 0 unspecified atom stereocenters. The molecule has 0 bridgehead atoms. The Morgan fingerprint density at radius 1 is 1.05 bits per heavy atom. The summed E-state index contributed by atoms with van der Waals surface area (Å²) in [6.45, 7) is 2.26. The van der Waals surface area contributed by atoms with Crippen molar-refractivity contribution in [1.29, 1.82) is 0 Å². The minimum absolute atomic E-state index is 0.0796. The average Bonchev–Trinajstić information content (AvgIpc) is 3.19. The molecule has 0 amide bonds. The van der Waals surface area contributed by atoms with E-state index in [-0.39, 0.29) is 6.42 Å². The Bertz CT molecular complexity index is 1650. The molecule has 5 aromatic rings. The molecule has 7 heteroatoms. The van der Waals surface area contributed by atoms with E-state index in [4.69, 9.17) is 15.6 Å². The highest BCUT2D eigenvalue weighted by Crippen LogP contribution is 2.37. The number of ether oxygens (including phenoxy) is 1. The number of carbonyl (C=O) groups is 1. The van der Waals surface area contributed by atoms with Crippen LogP contribution >= 0.6 is 0 Å². The Kier molecular flexibility index (Phi) is 5.75. The molecule has 6 rings (SSSR count). The van der Waals surface area contributed by atoms with E-state index in [1.807, 2.05) is 31.2 Å². The van der Waals surface area contributed by atoms with Crippen LogP contribution in [0.4, 0.5) is 5.82 Å². The monoisotopic (exact) mass is 492 g/mol. The zero-order chi connectivity index (χ0) is 25.5. The fourth-order valence-electron chi connectivity index (χ4n) is 5.08. The van der Waals surface area contributed by atoms with Gasteiger partial charge in [0, 0.05) is 22.5 Å². The van der Waals surface area contributed by atoms with Gasteiger partial charge in [-0.2, -0.15) is 5.10 Å². The molecule has 1 aliphatic rings. The van der Waals surface area contributed by atoms with Gasteiger partial charge in [-0.15, -0.1) is 0 Å². The number of hydrogen-bond acceptors (Lipinski definition) is 5. The second-order valence-corrected chi connectivity index (χ2v) is 9.81. The van der Waals surface area contributed by atoms with Crippen molar-refractivity contribution in [3.8, 4) is 16.9 Å². The van der Waals surface area contributed by atoms with Crippen LogP contribution in [0.15, 0.2) is 66.9 Å². The summed E-state index contributed by atoms with van der Waals surface area (Å²) in [5.74, 6) is 0.232. The fourth-order valence-corrected chi connectivity index (χ4v) is 5.08. The highest BCUT2D eigenvalue weighted by Gasteiger charge is 2.25. The Balaban J connectivity index is 1.40. The summed E-state index contributed by atoms with van der Waals surface area (Å²) in [5.41, 5.74) is 11.9. The van der Waals surface area contributed by atoms with E-state index in [9.17, 15) is 9.90 Å². The number of aliphatic carboxylic acids is 1. The molecule has 3 N–H and O–H groups in total. The zero-order valence-corrected chi connectivity index (χ0v) is 20.6. The number of nitrogens with two attached hydrogens (primary N) is 1. The quantitative estimate of drug-likeness (QED) is 0.286. The van der Waals surface area contributed by atoms with Crippen molar-refractivity contribution in [2.24, 2.45) is 0 Å². The van der Waals surface area contributed by atoms with Gasteiger partial charge < -0.3 is 15.6 Å². The Labute approximate surface area is 214 Å². The lowest BCUT2D eigenvalue weighted by Crippen LogP contribution is -2.21. The fraction of sp³-hybridized carbons (Fsp3) is 0.233. The Hall–Kier alpha value is -4.39. The van der Waals surface area contributed by atoms with Crippen LogP contribution in [0.3, 0.4) is 0 Å². The topological polar surface area (TPSA) is 103 Å². The predicted octanol–water partition coefficient (Wildman–Crippen LogP) is 6.07. The molecule has 3 aromatic carbocycles. The second kappa shape index (κ2) is 9.24. The molecule has 7 nitrogen and oxygen atoms in total. The van der Waals surface area contributed by atoms with E-state index in [0.717, 1.165) is 56.9 Å². The number of fused-ring (bicyclic) bond motifs is 2. The van der Waals surface area contributed by atoms with E-state index in [1.54, 1.807) is 6.20 Å². The van der Waals surface area contributed by atoms with E-state index in [1.165, 1.54) is 6.42 Å². The molecule has 0 atom stereocenters. The maximum absolute atomic E-state index is 11.4. The van der Waals surface area contributed by atoms with Crippen molar-refractivity contribution in [2.45, 2.75) is 45.3 Å². The van der Waals surface area contributed by atoms with Gasteiger partial charge in [0.15, 0.2) is 0 Å². The molecule has 186 valence electrons. The van der Waals surface area contributed by atoms with E-state index < -0.39 is 5.97 Å². The molecule has 1 fully saturated rings. The lowest BCUT2D eigenvalue weighted by atomic mass is 9.93. The van der Waals surface area contributed by atoms with Crippen LogP contribution in [0.1, 0.15) is 42.1 Å². The number of anilines is 1. The van der Waals surface area contributed by atoms with Crippen LogP contribution in [0.25, 0.3) is 32.8 Å². The van der Waals surface area contributed by atoms with Crippen molar-refractivity contribution >= 4 is 33.5 Å². The number of benzene rings is 3. The van der Waals surface area contributed by atoms with Crippen LogP contribution in [-0.2, 0) is 17.8 Å². The number of pyridine rings is 1. The van der Waals surface area contributed by atoms with Gasteiger partial charge >= 0.3 is 5.97 Å². The molecule has 0 aliphatic heterocycles. The molecular weight excluding hydrogens is 464 g/mol. The molecule has 37 heavy (non-hydrogen) atoms. The smallest absolute Gasteiger partial charge is 0.307 e. The van der Waals surface area contributed by atoms with Crippen LogP contribution in [0.5, 0.6) is 5.75 Å².